The maximum atomic E-state index is 13.0. The highest BCUT2D eigenvalue weighted by molar-refractivity contribution is 6.05. The minimum atomic E-state index is -0.391. The molecular formula is C26H25N3O6. The van der Waals surface area contributed by atoms with Gasteiger partial charge in [0.25, 0.3) is 11.5 Å². The number of para-hydroxylation sites is 2. The summed E-state index contributed by atoms with van der Waals surface area (Å²) in [5.41, 5.74) is 2.55. The van der Waals surface area contributed by atoms with Crippen molar-refractivity contribution in [3.63, 3.8) is 0 Å². The largest absolute Gasteiger partial charge is 0.493 e. The zero-order valence-corrected chi connectivity index (χ0v) is 19.8. The van der Waals surface area contributed by atoms with Gasteiger partial charge in [0.2, 0.25) is 5.75 Å². The number of methoxy groups -OCH3 is 3. The molecule has 4 aromatic rings. The van der Waals surface area contributed by atoms with Crippen LogP contribution >= 0.6 is 0 Å². The molecule has 0 bridgehead atoms. The normalized spacial score (nSPS) is 10.6. The SMILES string of the molecule is COc1cc(C(=O)Nc2ccccc2OCc2cc(=O)n3cc(C)ccc3n2)cc(OC)c1OC. The molecule has 0 aliphatic heterocycles. The van der Waals surface area contributed by atoms with E-state index in [2.05, 4.69) is 10.3 Å². The maximum Gasteiger partial charge on any atom is 0.258 e. The summed E-state index contributed by atoms with van der Waals surface area (Å²) in [6, 6.07) is 15.2. The van der Waals surface area contributed by atoms with Gasteiger partial charge in [0.1, 0.15) is 18.0 Å². The van der Waals surface area contributed by atoms with E-state index in [0.29, 0.717) is 45.6 Å². The molecule has 0 radical (unpaired) electrons. The van der Waals surface area contributed by atoms with Crippen molar-refractivity contribution in [3.8, 4) is 23.0 Å². The van der Waals surface area contributed by atoms with Crippen LogP contribution in [0.2, 0.25) is 0 Å². The summed E-state index contributed by atoms with van der Waals surface area (Å²) in [5.74, 6) is 1.16. The van der Waals surface area contributed by atoms with Gasteiger partial charge >= 0.3 is 0 Å². The van der Waals surface area contributed by atoms with E-state index >= 15 is 0 Å². The van der Waals surface area contributed by atoms with E-state index in [1.54, 1.807) is 48.7 Å². The highest BCUT2D eigenvalue weighted by atomic mass is 16.5. The van der Waals surface area contributed by atoms with Crippen molar-refractivity contribution in [3.05, 3.63) is 88.0 Å². The summed E-state index contributed by atoms with van der Waals surface area (Å²) >= 11 is 0. The molecule has 0 saturated carbocycles. The number of aromatic nitrogens is 2. The highest BCUT2D eigenvalue weighted by Crippen LogP contribution is 2.38. The smallest absolute Gasteiger partial charge is 0.258 e. The Balaban J connectivity index is 1.55. The predicted molar refractivity (Wildman–Crippen MR) is 131 cm³/mol. The molecule has 9 nitrogen and oxygen atoms in total. The third-order valence-electron chi connectivity index (χ3n) is 5.30. The lowest BCUT2D eigenvalue weighted by Crippen LogP contribution is -2.17. The quantitative estimate of drug-likeness (QED) is 0.413. The number of carbonyl (C=O) groups is 1. The van der Waals surface area contributed by atoms with Crippen molar-refractivity contribution < 1.29 is 23.7 Å². The molecule has 4 rings (SSSR count). The Morgan fingerprint density at radius 1 is 0.943 bits per heavy atom. The molecule has 1 amide bonds. The molecule has 35 heavy (non-hydrogen) atoms. The summed E-state index contributed by atoms with van der Waals surface area (Å²) < 4.78 is 23.4. The van der Waals surface area contributed by atoms with Crippen molar-refractivity contribution in [1.29, 1.82) is 0 Å². The van der Waals surface area contributed by atoms with Gasteiger partial charge in [0.05, 0.1) is 32.7 Å². The van der Waals surface area contributed by atoms with Gasteiger partial charge < -0.3 is 24.3 Å². The number of anilines is 1. The fourth-order valence-corrected chi connectivity index (χ4v) is 3.59. The summed E-state index contributed by atoms with van der Waals surface area (Å²) in [5, 5.41) is 2.85. The van der Waals surface area contributed by atoms with Crippen molar-refractivity contribution in [1.82, 2.24) is 9.38 Å². The van der Waals surface area contributed by atoms with E-state index in [1.165, 1.54) is 31.8 Å². The Morgan fingerprint density at radius 3 is 2.34 bits per heavy atom. The number of rotatable bonds is 8. The van der Waals surface area contributed by atoms with Crippen LogP contribution in [0.5, 0.6) is 23.0 Å². The summed E-state index contributed by atoms with van der Waals surface area (Å²) in [6.45, 7) is 1.96. The minimum absolute atomic E-state index is 0.0523. The van der Waals surface area contributed by atoms with E-state index in [4.69, 9.17) is 18.9 Å². The second kappa shape index (κ2) is 10.2. The molecule has 180 valence electrons. The van der Waals surface area contributed by atoms with E-state index < -0.39 is 5.91 Å². The van der Waals surface area contributed by atoms with Gasteiger partial charge in [-0.25, -0.2) is 4.98 Å². The first-order valence-corrected chi connectivity index (χ1v) is 10.8. The van der Waals surface area contributed by atoms with Gasteiger partial charge in [-0.1, -0.05) is 18.2 Å². The van der Waals surface area contributed by atoms with E-state index in [0.717, 1.165) is 5.56 Å². The van der Waals surface area contributed by atoms with Gasteiger partial charge in [-0.05, 0) is 42.8 Å². The molecule has 0 fully saturated rings. The van der Waals surface area contributed by atoms with Crippen molar-refractivity contribution in [2.24, 2.45) is 0 Å². The summed E-state index contributed by atoms with van der Waals surface area (Å²) in [6.07, 6.45) is 1.74. The average Bonchev–Trinajstić information content (AvgIpc) is 2.87. The molecule has 9 heteroatoms. The number of carbonyl (C=O) groups excluding carboxylic acids is 1. The van der Waals surface area contributed by atoms with Crippen LogP contribution in [0.3, 0.4) is 0 Å². The minimum Gasteiger partial charge on any atom is -0.493 e. The van der Waals surface area contributed by atoms with Crippen LogP contribution in [-0.2, 0) is 6.61 Å². The van der Waals surface area contributed by atoms with Crippen LogP contribution in [0.1, 0.15) is 21.6 Å². The van der Waals surface area contributed by atoms with Crippen LogP contribution < -0.4 is 29.8 Å². The number of nitrogens with one attached hydrogen (secondary N) is 1. The van der Waals surface area contributed by atoms with Gasteiger partial charge in [0.15, 0.2) is 11.5 Å². The molecule has 2 aromatic carbocycles. The van der Waals surface area contributed by atoms with Gasteiger partial charge in [-0.15, -0.1) is 0 Å². The molecule has 2 heterocycles. The van der Waals surface area contributed by atoms with Gasteiger partial charge in [-0.3, -0.25) is 14.0 Å². The molecular weight excluding hydrogens is 450 g/mol. The second-order valence-electron chi connectivity index (χ2n) is 7.67. The zero-order chi connectivity index (χ0) is 24.9. The Hall–Kier alpha value is -4.53. The molecule has 0 atom stereocenters. The Bertz CT molecular complexity index is 1420. The standard InChI is InChI=1S/C26H25N3O6/c1-16-9-10-23-27-18(13-24(30)29(23)14-16)15-35-20-8-6-5-7-19(20)28-26(31)17-11-21(32-2)25(34-4)22(12-17)33-3/h5-14H,15H2,1-4H3,(H,28,31). The number of pyridine rings is 1. The summed E-state index contributed by atoms with van der Waals surface area (Å²) in [4.78, 5) is 30.0. The second-order valence-corrected chi connectivity index (χ2v) is 7.67. The fraction of sp³-hybridized carbons (Fsp3) is 0.192. The van der Waals surface area contributed by atoms with Crippen LogP contribution in [0, 0.1) is 6.92 Å². The zero-order valence-electron chi connectivity index (χ0n) is 19.8. The maximum absolute atomic E-state index is 13.0. The number of nitrogens with zero attached hydrogens (tertiary/aromatic N) is 2. The topological polar surface area (TPSA) is 100 Å². The number of hydrogen-bond donors (Lipinski definition) is 1. The number of benzene rings is 2. The molecule has 0 unspecified atom stereocenters. The first kappa shape index (κ1) is 23.6. The van der Waals surface area contributed by atoms with Crippen molar-refractivity contribution in [2.45, 2.75) is 13.5 Å². The molecule has 0 aliphatic carbocycles. The van der Waals surface area contributed by atoms with Crippen LogP contribution in [0.4, 0.5) is 5.69 Å². The molecule has 0 aliphatic rings. The Morgan fingerprint density at radius 2 is 1.66 bits per heavy atom. The van der Waals surface area contributed by atoms with Crippen LogP contribution in [0.15, 0.2) is 65.6 Å². The molecule has 1 N–H and O–H groups in total. The molecule has 2 aromatic heterocycles. The van der Waals surface area contributed by atoms with Crippen LogP contribution in [0.25, 0.3) is 5.65 Å². The van der Waals surface area contributed by atoms with Crippen molar-refractivity contribution >= 4 is 17.2 Å². The first-order chi connectivity index (χ1) is 16.9. The van der Waals surface area contributed by atoms with Crippen molar-refractivity contribution in [2.75, 3.05) is 26.6 Å². The fourth-order valence-electron chi connectivity index (χ4n) is 3.59. The highest BCUT2D eigenvalue weighted by Gasteiger charge is 2.18. The van der Waals surface area contributed by atoms with Gasteiger partial charge in [-0.2, -0.15) is 0 Å². The lowest BCUT2D eigenvalue weighted by Gasteiger charge is -2.15. The number of hydrogen-bond acceptors (Lipinski definition) is 7. The average molecular weight is 476 g/mol. The Labute approximate surface area is 201 Å². The third kappa shape index (κ3) is 5.03. The molecule has 0 saturated heterocycles. The van der Waals surface area contributed by atoms with Gasteiger partial charge in [0, 0.05) is 17.8 Å². The number of aryl methyl sites for hydroxylation is 1. The van der Waals surface area contributed by atoms with E-state index in [1.807, 2.05) is 13.0 Å². The predicted octanol–water partition coefficient (Wildman–Crippen LogP) is 3.86. The summed E-state index contributed by atoms with van der Waals surface area (Å²) in [7, 11) is 4.46. The lowest BCUT2D eigenvalue weighted by atomic mass is 10.1. The Kier molecular flexibility index (Phi) is 6.86. The number of fused-ring (bicyclic) bond motifs is 1. The first-order valence-electron chi connectivity index (χ1n) is 10.8. The van der Waals surface area contributed by atoms with E-state index in [-0.39, 0.29) is 12.2 Å². The van der Waals surface area contributed by atoms with E-state index in [9.17, 15) is 9.59 Å². The monoisotopic (exact) mass is 475 g/mol. The number of amides is 1. The van der Waals surface area contributed by atoms with Crippen LogP contribution in [-0.4, -0.2) is 36.6 Å². The third-order valence-corrected chi connectivity index (χ3v) is 5.30. The lowest BCUT2D eigenvalue weighted by molar-refractivity contribution is 0.102. The molecule has 0 spiro atoms. The number of ether oxygens (including phenoxy) is 4.